The molecule has 2 aromatic heterocycles. The zero-order chi connectivity index (χ0) is 13.2. The van der Waals surface area contributed by atoms with Crippen LogP contribution in [0.2, 0.25) is 0 Å². The van der Waals surface area contributed by atoms with Crippen LogP contribution < -0.4 is 10.5 Å². The smallest absolute Gasteiger partial charge is 0.137 e. The number of imidazole rings is 1. The number of rotatable bonds is 3. The number of aromatic nitrogens is 2. The van der Waals surface area contributed by atoms with E-state index in [0.717, 1.165) is 28.3 Å². The average Bonchev–Trinajstić information content (AvgIpc) is 2.86. The number of pyridine rings is 1. The molecule has 0 atom stereocenters. The number of hydrogen-bond acceptors (Lipinski definition) is 3. The van der Waals surface area contributed by atoms with E-state index in [-0.39, 0.29) is 0 Å². The minimum absolute atomic E-state index is 0.442. The lowest BCUT2D eigenvalue weighted by Gasteiger charge is -2.04. The Labute approximate surface area is 111 Å². The molecule has 19 heavy (non-hydrogen) atoms. The van der Waals surface area contributed by atoms with Gasteiger partial charge in [-0.05, 0) is 24.3 Å². The van der Waals surface area contributed by atoms with Crippen LogP contribution in [0.3, 0.4) is 0 Å². The summed E-state index contributed by atoms with van der Waals surface area (Å²) in [6, 6.07) is 13.8. The molecule has 0 spiro atoms. The van der Waals surface area contributed by atoms with E-state index >= 15 is 0 Å². The van der Waals surface area contributed by atoms with E-state index in [1.54, 1.807) is 7.11 Å². The molecular formula is C15H15N3O. The van der Waals surface area contributed by atoms with Gasteiger partial charge in [-0.3, -0.25) is 0 Å². The molecular weight excluding hydrogens is 238 g/mol. The third-order valence-corrected chi connectivity index (χ3v) is 3.17. The van der Waals surface area contributed by atoms with Crippen molar-refractivity contribution in [3.8, 4) is 17.0 Å². The van der Waals surface area contributed by atoms with Crippen LogP contribution in [0, 0.1) is 0 Å². The molecule has 0 aliphatic rings. The van der Waals surface area contributed by atoms with Crippen molar-refractivity contribution in [2.45, 2.75) is 6.54 Å². The van der Waals surface area contributed by atoms with Crippen LogP contribution >= 0.6 is 0 Å². The van der Waals surface area contributed by atoms with Crippen molar-refractivity contribution >= 4 is 5.65 Å². The van der Waals surface area contributed by atoms with Gasteiger partial charge in [-0.1, -0.05) is 18.2 Å². The molecule has 1 aromatic carbocycles. The lowest BCUT2D eigenvalue weighted by Crippen LogP contribution is -2.02. The molecule has 0 amide bonds. The number of nitrogens with two attached hydrogens (primary N) is 1. The highest BCUT2D eigenvalue weighted by molar-refractivity contribution is 5.67. The largest absolute Gasteiger partial charge is 0.497 e. The maximum absolute atomic E-state index is 5.88. The summed E-state index contributed by atoms with van der Waals surface area (Å²) in [7, 11) is 1.66. The first-order valence-electron chi connectivity index (χ1n) is 6.14. The van der Waals surface area contributed by atoms with Gasteiger partial charge >= 0.3 is 0 Å². The molecule has 3 aromatic rings. The van der Waals surface area contributed by atoms with Crippen LogP contribution in [-0.2, 0) is 6.54 Å². The first kappa shape index (κ1) is 11.7. The van der Waals surface area contributed by atoms with Crippen LogP contribution in [0.25, 0.3) is 16.9 Å². The minimum atomic E-state index is 0.442. The van der Waals surface area contributed by atoms with Crippen molar-refractivity contribution in [1.29, 1.82) is 0 Å². The molecule has 4 nitrogen and oxygen atoms in total. The van der Waals surface area contributed by atoms with Crippen molar-refractivity contribution in [2.75, 3.05) is 7.11 Å². The van der Waals surface area contributed by atoms with E-state index in [2.05, 4.69) is 4.98 Å². The van der Waals surface area contributed by atoms with Gasteiger partial charge in [0.05, 0.1) is 18.5 Å². The van der Waals surface area contributed by atoms with E-state index in [9.17, 15) is 0 Å². The highest BCUT2D eigenvalue weighted by Gasteiger charge is 2.12. The molecule has 2 N–H and O–H groups in total. The van der Waals surface area contributed by atoms with Gasteiger partial charge in [-0.25, -0.2) is 4.98 Å². The average molecular weight is 253 g/mol. The second-order valence-electron chi connectivity index (χ2n) is 4.27. The zero-order valence-corrected chi connectivity index (χ0v) is 10.7. The molecule has 0 aliphatic carbocycles. The van der Waals surface area contributed by atoms with E-state index in [1.165, 1.54) is 0 Å². The summed E-state index contributed by atoms with van der Waals surface area (Å²) >= 11 is 0. The fraction of sp³-hybridized carbons (Fsp3) is 0.133. The van der Waals surface area contributed by atoms with Crippen molar-refractivity contribution in [3.63, 3.8) is 0 Å². The highest BCUT2D eigenvalue weighted by Crippen LogP contribution is 2.27. The quantitative estimate of drug-likeness (QED) is 0.780. The Balaban J connectivity index is 2.23. The summed E-state index contributed by atoms with van der Waals surface area (Å²) in [5.74, 6) is 0.817. The number of methoxy groups -OCH3 is 1. The third kappa shape index (κ3) is 1.96. The first-order chi connectivity index (χ1) is 9.33. The molecule has 0 aliphatic heterocycles. The fourth-order valence-electron chi connectivity index (χ4n) is 2.24. The molecule has 0 unspecified atom stereocenters. The van der Waals surface area contributed by atoms with Crippen molar-refractivity contribution < 1.29 is 4.74 Å². The van der Waals surface area contributed by atoms with E-state index in [0.29, 0.717) is 6.54 Å². The number of ether oxygens (including phenoxy) is 1. The van der Waals surface area contributed by atoms with E-state index < -0.39 is 0 Å². The Morgan fingerprint density at radius 3 is 2.89 bits per heavy atom. The van der Waals surface area contributed by atoms with Gasteiger partial charge in [0.2, 0.25) is 0 Å². The molecule has 4 heteroatoms. The SMILES string of the molecule is COc1cccc(-c2nc3ccccn3c2CN)c1. The second-order valence-corrected chi connectivity index (χ2v) is 4.27. The Hall–Kier alpha value is -2.33. The van der Waals surface area contributed by atoms with Crippen molar-refractivity contribution in [3.05, 3.63) is 54.4 Å². The zero-order valence-electron chi connectivity index (χ0n) is 10.7. The summed E-state index contributed by atoms with van der Waals surface area (Å²) in [6.07, 6.45) is 1.98. The normalized spacial score (nSPS) is 10.8. The Morgan fingerprint density at radius 2 is 2.11 bits per heavy atom. The van der Waals surface area contributed by atoms with Gasteiger partial charge in [0, 0.05) is 18.3 Å². The molecule has 0 saturated heterocycles. The van der Waals surface area contributed by atoms with Crippen LogP contribution in [0.1, 0.15) is 5.69 Å². The lowest BCUT2D eigenvalue weighted by molar-refractivity contribution is 0.415. The third-order valence-electron chi connectivity index (χ3n) is 3.17. The minimum Gasteiger partial charge on any atom is -0.497 e. The predicted molar refractivity (Wildman–Crippen MR) is 75.1 cm³/mol. The standard InChI is InChI=1S/C15H15N3O/c1-19-12-6-4-5-11(9-12)15-13(10-16)18-8-3-2-7-14(18)17-15/h2-9H,10,16H2,1H3. The van der Waals surface area contributed by atoms with Gasteiger partial charge in [-0.2, -0.15) is 0 Å². The van der Waals surface area contributed by atoms with Crippen LogP contribution in [0.15, 0.2) is 48.7 Å². The maximum atomic E-state index is 5.88. The summed E-state index contributed by atoms with van der Waals surface area (Å²) in [5, 5.41) is 0. The van der Waals surface area contributed by atoms with Gasteiger partial charge in [0.1, 0.15) is 11.4 Å². The van der Waals surface area contributed by atoms with E-state index in [4.69, 9.17) is 10.5 Å². The molecule has 0 fully saturated rings. The second kappa shape index (κ2) is 4.74. The van der Waals surface area contributed by atoms with Crippen LogP contribution in [0.4, 0.5) is 0 Å². The molecule has 0 bridgehead atoms. The van der Waals surface area contributed by atoms with Crippen molar-refractivity contribution in [2.24, 2.45) is 5.73 Å². The molecule has 2 heterocycles. The van der Waals surface area contributed by atoms with E-state index in [1.807, 2.05) is 53.1 Å². The number of benzene rings is 1. The van der Waals surface area contributed by atoms with Crippen LogP contribution in [-0.4, -0.2) is 16.5 Å². The van der Waals surface area contributed by atoms with Crippen molar-refractivity contribution in [1.82, 2.24) is 9.38 Å². The monoisotopic (exact) mass is 253 g/mol. The topological polar surface area (TPSA) is 52.5 Å². The Kier molecular flexibility index (Phi) is 2.93. The predicted octanol–water partition coefficient (Wildman–Crippen LogP) is 2.47. The van der Waals surface area contributed by atoms with Gasteiger partial charge in [0.25, 0.3) is 0 Å². The Morgan fingerprint density at radius 1 is 1.21 bits per heavy atom. The summed E-state index contributed by atoms with van der Waals surface area (Å²) in [4.78, 5) is 4.66. The lowest BCUT2D eigenvalue weighted by atomic mass is 10.1. The molecule has 0 saturated carbocycles. The number of hydrogen-bond donors (Lipinski definition) is 1. The molecule has 0 radical (unpaired) electrons. The summed E-state index contributed by atoms with van der Waals surface area (Å²) in [6.45, 7) is 0.442. The number of nitrogens with zero attached hydrogens (tertiary/aromatic N) is 2. The Bertz CT molecular complexity index is 718. The molecule has 96 valence electrons. The molecule has 3 rings (SSSR count). The number of fused-ring (bicyclic) bond motifs is 1. The summed E-state index contributed by atoms with van der Waals surface area (Å²) < 4.78 is 7.28. The summed E-state index contributed by atoms with van der Waals surface area (Å²) in [5.41, 5.74) is 9.71. The van der Waals surface area contributed by atoms with Gasteiger partial charge in [-0.15, -0.1) is 0 Å². The highest BCUT2D eigenvalue weighted by atomic mass is 16.5. The van der Waals surface area contributed by atoms with Crippen LogP contribution in [0.5, 0.6) is 5.75 Å². The van der Waals surface area contributed by atoms with Gasteiger partial charge < -0.3 is 14.9 Å². The van der Waals surface area contributed by atoms with Gasteiger partial charge in [0.15, 0.2) is 0 Å². The first-order valence-corrected chi connectivity index (χ1v) is 6.14. The maximum Gasteiger partial charge on any atom is 0.137 e. The fourth-order valence-corrected chi connectivity index (χ4v) is 2.24.